The lowest BCUT2D eigenvalue weighted by atomic mass is 9.96. The Morgan fingerprint density at radius 2 is 1.68 bits per heavy atom. The highest BCUT2D eigenvalue weighted by molar-refractivity contribution is 7.89. The van der Waals surface area contributed by atoms with Gasteiger partial charge in [-0.25, -0.2) is 13.1 Å². The van der Waals surface area contributed by atoms with Crippen molar-refractivity contribution in [2.45, 2.75) is 31.2 Å². The molecule has 0 saturated carbocycles. The highest BCUT2D eigenvalue weighted by atomic mass is 32.2. The minimum atomic E-state index is -3.62. The number of hydrogen-bond donors (Lipinski definition) is 2. The van der Waals surface area contributed by atoms with Crippen molar-refractivity contribution >= 4 is 15.9 Å². The van der Waals surface area contributed by atoms with Crippen molar-refractivity contribution in [1.82, 2.24) is 10.0 Å². The van der Waals surface area contributed by atoms with Gasteiger partial charge in [-0.3, -0.25) is 4.79 Å². The highest BCUT2D eigenvalue weighted by Gasteiger charge is 2.18. The van der Waals surface area contributed by atoms with Crippen LogP contribution in [-0.2, 0) is 14.8 Å². The number of carbonyl (C=O) groups is 1. The van der Waals surface area contributed by atoms with E-state index < -0.39 is 10.0 Å². The number of ether oxygens (including phenoxy) is 1. The SMILES string of the molecule is COCCNS(=O)(=O)c1ccc(C(=O)N[C@H](CC(C)C)c2ccccc2)cc1. The predicted octanol–water partition coefficient (Wildman–Crippen LogP) is 3.13. The van der Waals surface area contributed by atoms with Gasteiger partial charge in [0.05, 0.1) is 17.5 Å². The Balaban J connectivity index is 2.10. The molecule has 0 spiro atoms. The van der Waals surface area contributed by atoms with Gasteiger partial charge >= 0.3 is 0 Å². The van der Waals surface area contributed by atoms with Crippen LogP contribution in [0.4, 0.5) is 0 Å². The van der Waals surface area contributed by atoms with Crippen LogP contribution >= 0.6 is 0 Å². The molecule has 0 saturated heterocycles. The molecule has 0 aliphatic rings. The number of sulfonamides is 1. The average molecular weight is 405 g/mol. The van der Waals surface area contributed by atoms with Crippen LogP contribution in [-0.4, -0.2) is 34.6 Å². The monoisotopic (exact) mass is 404 g/mol. The lowest BCUT2D eigenvalue weighted by Gasteiger charge is -2.21. The normalized spacial score (nSPS) is 12.7. The first-order valence-corrected chi connectivity index (χ1v) is 10.8. The molecule has 0 fully saturated rings. The van der Waals surface area contributed by atoms with Crippen molar-refractivity contribution in [1.29, 1.82) is 0 Å². The summed E-state index contributed by atoms with van der Waals surface area (Å²) < 4.78 is 31.7. The summed E-state index contributed by atoms with van der Waals surface area (Å²) in [6.45, 7) is 4.70. The third-order valence-corrected chi connectivity index (χ3v) is 5.72. The highest BCUT2D eigenvalue weighted by Crippen LogP contribution is 2.22. The third kappa shape index (κ3) is 6.44. The fourth-order valence-corrected chi connectivity index (χ4v) is 3.84. The van der Waals surface area contributed by atoms with E-state index in [1.807, 2.05) is 30.3 Å². The first-order valence-electron chi connectivity index (χ1n) is 9.28. The fraction of sp³-hybridized carbons (Fsp3) is 0.381. The second-order valence-electron chi connectivity index (χ2n) is 6.98. The average Bonchev–Trinajstić information content (AvgIpc) is 2.68. The summed E-state index contributed by atoms with van der Waals surface area (Å²) in [7, 11) is -2.11. The molecule has 0 aliphatic heterocycles. The number of hydrogen-bond acceptors (Lipinski definition) is 4. The van der Waals surface area contributed by atoms with Crippen molar-refractivity contribution in [3.8, 4) is 0 Å². The zero-order valence-electron chi connectivity index (χ0n) is 16.5. The van der Waals surface area contributed by atoms with Crippen molar-refractivity contribution in [2.24, 2.45) is 5.92 Å². The smallest absolute Gasteiger partial charge is 0.251 e. The van der Waals surface area contributed by atoms with Crippen LogP contribution in [0.25, 0.3) is 0 Å². The van der Waals surface area contributed by atoms with Crippen LogP contribution in [0, 0.1) is 5.92 Å². The lowest BCUT2D eigenvalue weighted by Crippen LogP contribution is -2.30. The number of benzene rings is 2. The molecule has 0 aliphatic carbocycles. The minimum Gasteiger partial charge on any atom is -0.383 e. The fourth-order valence-electron chi connectivity index (χ4n) is 2.82. The number of rotatable bonds is 10. The van der Waals surface area contributed by atoms with Gasteiger partial charge in [0.15, 0.2) is 0 Å². The Hall–Kier alpha value is -2.22. The van der Waals surface area contributed by atoms with Crippen molar-refractivity contribution in [3.05, 3.63) is 65.7 Å². The van der Waals surface area contributed by atoms with E-state index in [1.54, 1.807) is 0 Å². The van der Waals surface area contributed by atoms with Crippen LogP contribution < -0.4 is 10.0 Å². The standard InChI is InChI=1S/C21H28N2O4S/c1-16(2)15-20(17-7-5-4-6-8-17)23-21(24)18-9-11-19(12-10-18)28(25,26)22-13-14-27-3/h4-12,16,20,22H,13-15H2,1-3H3,(H,23,24)/t20-/m1/s1. The molecule has 0 heterocycles. The van der Waals surface area contributed by atoms with Gasteiger partial charge in [0, 0.05) is 19.2 Å². The van der Waals surface area contributed by atoms with Crippen LogP contribution in [0.2, 0.25) is 0 Å². The largest absolute Gasteiger partial charge is 0.383 e. The quantitative estimate of drug-likeness (QED) is 0.596. The molecule has 1 amide bonds. The molecule has 0 aromatic heterocycles. The Morgan fingerprint density at radius 3 is 2.25 bits per heavy atom. The molecule has 2 rings (SSSR count). The number of carbonyl (C=O) groups excluding carboxylic acids is 1. The molecule has 6 nitrogen and oxygen atoms in total. The van der Waals surface area contributed by atoms with Crippen molar-refractivity contribution in [2.75, 3.05) is 20.3 Å². The van der Waals surface area contributed by atoms with Crippen molar-refractivity contribution < 1.29 is 17.9 Å². The topological polar surface area (TPSA) is 84.5 Å². The lowest BCUT2D eigenvalue weighted by molar-refractivity contribution is 0.0932. The molecule has 7 heteroatoms. The summed E-state index contributed by atoms with van der Waals surface area (Å²) in [6.07, 6.45) is 0.811. The first kappa shape index (κ1) is 22.1. The van der Waals surface area contributed by atoms with Crippen LogP contribution in [0.5, 0.6) is 0 Å². The minimum absolute atomic E-state index is 0.104. The predicted molar refractivity (Wildman–Crippen MR) is 110 cm³/mol. The summed E-state index contributed by atoms with van der Waals surface area (Å²) in [4.78, 5) is 12.8. The third-order valence-electron chi connectivity index (χ3n) is 4.24. The van der Waals surface area contributed by atoms with E-state index in [4.69, 9.17) is 4.74 Å². The number of nitrogens with one attached hydrogen (secondary N) is 2. The van der Waals surface area contributed by atoms with Gasteiger partial charge < -0.3 is 10.1 Å². The molecule has 0 unspecified atom stereocenters. The van der Waals surface area contributed by atoms with Crippen LogP contribution in [0.1, 0.15) is 42.2 Å². The molecule has 0 radical (unpaired) electrons. The number of methoxy groups -OCH3 is 1. The molecule has 152 valence electrons. The van der Waals surface area contributed by atoms with E-state index in [0.29, 0.717) is 11.5 Å². The van der Waals surface area contributed by atoms with Gasteiger partial charge in [-0.05, 0) is 42.2 Å². The molecule has 1 atom stereocenters. The van der Waals surface area contributed by atoms with E-state index >= 15 is 0 Å². The van der Waals surface area contributed by atoms with Gasteiger partial charge in [0.2, 0.25) is 10.0 Å². The zero-order valence-corrected chi connectivity index (χ0v) is 17.3. The second-order valence-corrected chi connectivity index (χ2v) is 8.75. The summed E-state index contributed by atoms with van der Waals surface area (Å²) in [5, 5.41) is 3.06. The molecular weight excluding hydrogens is 376 g/mol. The second kappa shape index (κ2) is 10.4. The van der Waals surface area contributed by atoms with E-state index in [-0.39, 0.29) is 30.0 Å². The molecular formula is C21H28N2O4S. The molecule has 28 heavy (non-hydrogen) atoms. The van der Waals surface area contributed by atoms with Crippen molar-refractivity contribution in [3.63, 3.8) is 0 Å². The molecule has 2 aromatic rings. The van der Waals surface area contributed by atoms with Gasteiger partial charge in [-0.1, -0.05) is 44.2 Å². The van der Waals surface area contributed by atoms with E-state index in [9.17, 15) is 13.2 Å². The Bertz CT molecular complexity index is 850. The zero-order chi connectivity index (χ0) is 20.6. The first-order chi connectivity index (χ1) is 13.3. The Kier molecular flexibility index (Phi) is 8.17. The summed E-state index contributed by atoms with van der Waals surface area (Å²) in [5.74, 6) is 0.182. The van der Waals surface area contributed by atoms with Gasteiger partial charge in [0.1, 0.15) is 0 Å². The van der Waals surface area contributed by atoms with E-state index in [2.05, 4.69) is 23.9 Å². The van der Waals surface area contributed by atoms with Crippen LogP contribution in [0.3, 0.4) is 0 Å². The Morgan fingerprint density at radius 1 is 1.04 bits per heavy atom. The van der Waals surface area contributed by atoms with Gasteiger partial charge in [0.25, 0.3) is 5.91 Å². The maximum Gasteiger partial charge on any atom is 0.251 e. The molecule has 2 aromatic carbocycles. The summed E-state index contributed by atoms with van der Waals surface area (Å²) in [5.41, 5.74) is 1.46. The number of amides is 1. The van der Waals surface area contributed by atoms with E-state index in [0.717, 1.165) is 12.0 Å². The Labute approximate surface area is 167 Å². The van der Waals surface area contributed by atoms with Gasteiger partial charge in [-0.2, -0.15) is 0 Å². The van der Waals surface area contributed by atoms with Gasteiger partial charge in [-0.15, -0.1) is 0 Å². The molecule has 2 N–H and O–H groups in total. The summed E-state index contributed by atoms with van der Waals surface area (Å²) >= 11 is 0. The summed E-state index contributed by atoms with van der Waals surface area (Å²) in [6, 6.07) is 15.6. The van der Waals surface area contributed by atoms with E-state index in [1.165, 1.54) is 31.4 Å². The maximum absolute atomic E-state index is 12.7. The molecule has 0 bridgehead atoms. The maximum atomic E-state index is 12.7. The van der Waals surface area contributed by atoms with Crippen LogP contribution in [0.15, 0.2) is 59.5 Å².